The van der Waals surface area contributed by atoms with Crippen LogP contribution in [0.5, 0.6) is 0 Å². The topological polar surface area (TPSA) is 43.4 Å². The smallest absolute Gasteiger partial charge is 0.320 e. The van der Waals surface area contributed by atoms with E-state index in [1.807, 2.05) is 6.92 Å². The molecule has 3 fully saturated rings. The fourth-order valence-corrected chi connectivity index (χ4v) is 3.60. The summed E-state index contributed by atoms with van der Waals surface area (Å²) in [7, 11) is 0. The van der Waals surface area contributed by atoms with Gasteiger partial charge in [-0.05, 0) is 38.0 Å². The molecule has 2 saturated carbocycles. The Balaban J connectivity index is 2.12. The number of rotatable bonds is 0. The first-order chi connectivity index (χ1) is 6.14. The highest BCUT2D eigenvalue weighted by Crippen LogP contribution is 2.62. The number of esters is 2. The molecule has 4 atom stereocenters. The summed E-state index contributed by atoms with van der Waals surface area (Å²) in [5.41, 5.74) is -0.458. The van der Waals surface area contributed by atoms with E-state index >= 15 is 0 Å². The van der Waals surface area contributed by atoms with Crippen molar-refractivity contribution in [3.8, 4) is 0 Å². The number of carbonyl (C=O) groups excluding carboxylic acids is 2. The highest BCUT2D eigenvalue weighted by atomic mass is 16.6. The van der Waals surface area contributed by atoms with Crippen molar-refractivity contribution in [2.24, 2.45) is 23.2 Å². The summed E-state index contributed by atoms with van der Waals surface area (Å²) in [6, 6.07) is 0. The fourth-order valence-electron chi connectivity index (χ4n) is 3.60. The maximum atomic E-state index is 11.5. The normalized spacial score (nSPS) is 52.5. The van der Waals surface area contributed by atoms with Crippen LogP contribution < -0.4 is 0 Å². The lowest BCUT2D eigenvalue weighted by Gasteiger charge is -2.29. The summed E-state index contributed by atoms with van der Waals surface area (Å²) >= 11 is 0. The molecular weight excluding hydrogens is 168 g/mol. The van der Waals surface area contributed by atoms with Gasteiger partial charge in [0.05, 0.1) is 11.3 Å². The van der Waals surface area contributed by atoms with Crippen molar-refractivity contribution >= 4 is 11.9 Å². The van der Waals surface area contributed by atoms with Gasteiger partial charge in [-0.2, -0.15) is 0 Å². The molecule has 1 heterocycles. The molecule has 0 unspecified atom stereocenters. The van der Waals surface area contributed by atoms with Gasteiger partial charge in [0.2, 0.25) is 0 Å². The van der Waals surface area contributed by atoms with Crippen LogP contribution in [0.15, 0.2) is 0 Å². The third kappa shape index (κ3) is 0.640. The van der Waals surface area contributed by atoms with Crippen LogP contribution in [0.4, 0.5) is 0 Å². The molecule has 2 bridgehead atoms. The van der Waals surface area contributed by atoms with Gasteiger partial charge in [0.25, 0.3) is 0 Å². The Hall–Kier alpha value is -0.860. The second-order valence-electron chi connectivity index (χ2n) is 4.74. The van der Waals surface area contributed by atoms with Crippen LogP contribution in [-0.2, 0) is 14.3 Å². The predicted molar refractivity (Wildman–Crippen MR) is 43.5 cm³/mol. The van der Waals surface area contributed by atoms with E-state index in [-0.39, 0.29) is 17.9 Å². The molecule has 0 radical (unpaired) electrons. The number of hydrogen-bond acceptors (Lipinski definition) is 3. The molecule has 0 N–H and O–H groups in total. The first-order valence-electron chi connectivity index (χ1n) is 4.90. The molecule has 70 valence electrons. The average Bonchev–Trinajstić information content (AvgIpc) is 2.66. The summed E-state index contributed by atoms with van der Waals surface area (Å²) in [6.45, 7) is 1.91. The van der Waals surface area contributed by atoms with E-state index in [9.17, 15) is 9.59 Å². The Morgan fingerprint density at radius 3 is 2.85 bits per heavy atom. The molecule has 0 aromatic carbocycles. The lowest BCUT2D eigenvalue weighted by atomic mass is 9.69. The number of cyclic esters (lactones) is 2. The SMILES string of the molecule is C[C@]12C(=O)OC(=O)[C@H]1[C@H]1CC[C@H]2C1. The maximum Gasteiger partial charge on any atom is 0.320 e. The molecule has 1 saturated heterocycles. The van der Waals surface area contributed by atoms with Gasteiger partial charge in [-0.1, -0.05) is 0 Å². The Morgan fingerprint density at radius 2 is 2.15 bits per heavy atom. The van der Waals surface area contributed by atoms with Crippen molar-refractivity contribution in [3.05, 3.63) is 0 Å². The first kappa shape index (κ1) is 7.54. The Kier molecular flexibility index (Phi) is 1.14. The molecule has 1 aliphatic heterocycles. The molecular formula is C10H12O3. The van der Waals surface area contributed by atoms with Gasteiger partial charge < -0.3 is 4.74 Å². The van der Waals surface area contributed by atoms with Crippen molar-refractivity contribution in [3.63, 3.8) is 0 Å². The largest absolute Gasteiger partial charge is 0.392 e. The van der Waals surface area contributed by atoms with E-state index in [0.717, 1.165) is 19.3 Å². The van der Waals surface area contributed by atoms with Crippen LogP contribution in [-0.4, -0.2) is 11.9 Å². The summed E-state index contributed by atoms with van der Waals surface area (Å²) in [5, 5.41) is 0. The minimum absolute atomic E-state index is 0.112. The monoisotopic (exact) mass is 180 g/mol. The molecule has 2 aliphatic carbocycles. The molecule has 3 aliphatic rings. The van der Waals surface area contributed by atoms with Gasteiger partial charge in [0.1, 0.15) is 0 Å². The van der Waals surface area contributed by atoms with Crippen molar-refractivity contribution in [2.45, 2.75) is 26.2 Å². The third-order valence-corrected chi connectivity index (χ3v) is 4.33. The molecule has 0 amide bonds. The zero-order chi connectivity index (χ0) is 9.22. The molecule has 0 aromatic rings. The van der Waals surface area contributed by atoms with Gasteiger partial charge in [0.15, 0.2) is 0 Å². The fraction of sp³-hybridized carbons (Fsp3) is 0.800. The van der Waals surface area contributed by atoms with Crippen LogP contribution in [0.25, 0.3) is 0 Å². The number of ether oxygens (including phenoxy) is 1. The molecule has 3 rings (SSSR count). The quantitative estimate of drug-likeness (QED) is 0.414. The highest BCUT2D eigenvalue weighted by Gasteiger charge is 2.67. The van der Waals surface area contributed by atoms with Gasteiger partial charge in [0, 0.05) is 0 Å². The third-order valence-electron chi connectivity index (χ3n) is 4.33. The summed E-state index contributed by atoms with van der Waals surface area (Å²) in [4.78, 5) is 23.0. The van der Waals surface area contributed by atoms with E-state index in [2.05, 4.69) is 0 Å². The lowest BCUT2D eigenvalue weighted by molar-refractivity contribution is -0.156. The van der Waals surface area contributed by atoms with Gasteiger partial charge >= 0.3 is 11.9 Å². The summed E-state index contributed by atoms with van der Waals surface area (Å²) in [5.74, 6) is 0.184. The lowest BCUT2D eigenvalue weighted by Crippen LogP contribution is -2.36. The van der Waals surface area contributed by atoms with Crippen LogP contribution in [0.2, 0.25) is 0 Å². The number of carbonyl (C=O) groups is 2. The Morgan fingerprint density at radius 1 is 1.38 bits per heavy atom. The second kappa shape index (κ2) is 1.97. The summed E-state index contributed by atoms with van der Waals surface area (Å²) < 4.78 is 4.73. The highest BCUT2D eigenvalue weighted by molar-refractivity contribution is 6.00. The maximum absolute atomic E-state index is 11.5. The minimum atomic E-state index is -0.458. The van der Waals surface area contributed by atoms with Crippen LogP contribution in [0.1, 0.15) is 26.2 Å². The van der Waals surface area contributed by atoms with E-state index in [1.165, 1.54) is 0 Å². The van der Waals surface area contributed by atoms with Crippen molar-refractivity contribution in [2.75, 3.05) is 0 Å². The number of hydrogen-bond donors (Lipinski definition) is 0. The Labute approximate surface area is 76.4 Å². The minimum Gasteiger partial charge on any atom is -0.392 e. The van der Waals surface area contributed by atoms with Gasteiger partial charge in [-0.3, -0.25) is 9.59 Å². The van der Waals surface area contributed by atoms with Gasteiger partial charge in [-0.25, -0.2) is 0 Å². The second-order valence-corrected chi connectivity index (χ2v) is 4.74. The molecule has 3 heteroatoms. The van der Waals surface area contributed by atoms with Crippen LogP contribution >= 0.6 is 0 Å². The van der Waals surface area contributed by atoms with Crippen LogP contribution in [0.3, 0.4) is 0 Å². The predicted octanol–water partition coefficient (Wildman–Crippen LogP) is 1.12. The zero-order valence-electron chi connectivity index (χ0n) is 7.58. The first-order valence-corrected chi connectivity index (χ1v) is 4.90. The molecule has 0 spiro atoms. The van der Waals surface area contributed by atoms with E-state index in [0.29, 0.717) is 11.8 Å². The van der Waals surface area contributed by atoms with Gasteiger partial charge in [-0.15, -0.1) is 0 Å². The van der Waals surface area contributed by atoms with E-state index in [4.69, 9.17) is 4.74 Å². The average molecular weight is 180 g/mol. The van der Waals surface area contributed by atoms with E-state index < -0.39 is 5.41 Å². The molecule has 0 aromatic heterocycles. The van der Waals surface area contributed by atoms with Crippen molar-refractivity contribution in [1.29, 1.82) is 0 Å². The van der Waals surface area contributed by atoms with E-state index in [1.54, 1.807) is 0 Å². The Bertz CT molecular complexity index is 309. The summed E-state index contributed by atoms with van der Waals surface area (Å²) in [6.07, 6.45) is 3.26. The standard InChI is InChI=1S/C10H12O3/c1-10-6-3-2-5(4-6)7(10)8(11)13-9(10)12/h5-7H,2-4H2,1H3/t5-,6-,7+,10+/m0/s1. The van der Waals surface area contributed by atoms with Crippen molar-refractivity contribution in [1.82, 2.24) is 0 Å². The molecule has 3 nitrogen and oxygen atoms in total. The van der Waals surface area contributed by atoms with Crippen LogP contribution in [0, 0.1) is 23.2 Å². The molecule has 13 heavy (non-hydrogen) atoms. The number of fused-ring (bicyclic) bond motifs is 5. The zero-order valence-corrected chi connectivity index (χ0v) is 7.58. The van der Waals surface area contributed by atoms with Crippen molar-refractivity contribution < 1.29 is 14.3 Å².